The highest BCUT2D eigenvalue weighted by Crippen LogP contribution is 2.43. The van der Waals surface area contributed by atoms with Crippen molar-refractivity contribution in [2.24, 2.45) is 0 Å². The van der Waals surface area contributed by atoms with Crippen LogP contribution in [0.15, 0.2) is 42.0 Å². The first-order valence-electron chi connectivity index (χ1n) is 13.4. The highest BCUT2D eigenvalue weighted by atomic mass is 16.5. The number of hydrogen-bond acceptors (Lipinski definition) is 7. The molecule has 2 aliphatic heterocycles. The van der Waals surface area contributed by atoms with Gasteiger partial charge in [0.05, 0.1) is 24.8 Å². The summed E-state index contributed by atoms with van der Waals surface area (Å²) in [5.74, 6) is 0.439. The zero-order valence-electron chi connectivity index (χ0n) is 23.0. The number of likely N-dealkylation sites (tertiary alicyclic amines) is 1. The molecule has 4 rings (SSSR count). The number of benzene rings is 2. The first-order chi connectivity index (χ1) is 18.2. The van der Waals surface area contributed by atoms with E-state index in [0.717, 1.165) is 30.7 Å². The molecular formula is C30H38N2O6. The molecule has 8 heteroatoms. The molecule has 0 bridgehead atoms. The Morgan fingerprint density at radius 3 is 2.61 bits per heavy atom. The second kappa shape index (κ2) is 11.9. The Balaban J connectivity index is 1.80. The minimum atomic E-state index is -0.750. The van der Waals surface area contributed by atoms with Gasteiger partial charge in [-0.25, -0.2) is 0 Å². The zero-order valence-corrected chi connectivity index (χ0v) is 23.0. The number of nitrogens with zero attached hydrogens (tertiary/aromatic N) is 2. The van der Waals surface area contributed by atoms with Gasteiger partial charge in [0, 0.05) is 18.5 Å². The van der Waals surface area contributed by atoms with Crippen molar-refractivity contribution in [3.05, 3.63) is 58.7 Å². The van der Waals surface area contributed by atoms with E-state index in [1.807, 2.05) is 70.1 Å². The molecule has 2 aromatic carbocycles. The number of amides is 1. The number of ether oxygens (including phenoxy) is 3. The largest absolute Gasteiger partial charge is 0.507 e. The number of ketones is 1. The predicted molar refractivity (Wildman–Crippen MR) is 146 cm³/mol. The standard InChI is InChI=1S/C30H38N2O6/c1-6-15-37-24-12-9-20(18-25(24)36-7-2)27-26(29(34)30(35)32(27)14-8-13-31(4)5)28(33)21-10-11-23-22(17-21)16-19(3)38-23/h9-12,17-19,27,33H,6-8,13-16H2,1-5H3. The number of aliphatic hydroxyl groups excluding tert-OH is 1. The summed E-state index contributed by atoms with van der Waals surface area (Å²) >= 11 is 0. The van der Waals surface area contributed by atoms with Gasteiger partial charge in [-0.05, 0) is 88.8 Å². The molecule has 0 aliphatic carbocycles. The van der Waals surface area contributed by atoms with E-state index in [-0.39, 0.29) is 17.4 Å². The van der Waals surface area contributed by atoms with E-state index < -0.39 is 17.7 Å². The number of carbonyl (C=O) groups is 2. The monoisotopic (exact) mass is 522 g/mol. The minimum absolute atomic E-state index is 0.0510. The van der Waals surface area contributed by atoms with Crippen molar-refractivity contribution in [3.63, 3.8) is 0 Å². The fraction of sp³-hybridized carbons (Fsp3) is 0.467. The van der Waals surface area contributed by atoms with Crippen LogP contribution in [0.4, 0.5) is 0 Å². The van der Waals surface area contributed by atoms with Crippen LogP contribution >= 0.6 is 0 Å². The van der Waals surface area contributed by atoms with Crippen LogP contribution in [-0.2, 0) is 16.0 Å². The van der Waals surface area contributed by atoms with Gasteiger partial charge < -0.3 is 29.1 Å². The average molecular weight is 523 g/mol. The van der Waals surface area contributed by atoms with Crippen LogP contribution in [0, 0.1) is 0 Å². The topological polar surface area (TPSA) is 88.5 Å². The van der Waals surface area contributed by atoms with E-state index in [0.29, 0.717) is 48.8 Å². The molecule has 0 aromatic heterocycles. The van der Waals surface area contributed by atoms with Crippen molar-refractivity contribution >= 4 is 17.4 Å². The van der Waals surface area contributed by atoms with Gasteiger partial charge in [-0.2, -0.15) is 0 Å². The van der Waals surface area contributed by atoms with Crippen LogP contribution in [-0.4, -0.2) is 73.1 Å². The molecule has 2 atom stereocenters. The van der Waals surface area contributed by atoms with Gasteiger partial charge in [-0.1, -0.05) is 13.0 Å². The van der Waals surface area contributed by atoms with Gasteiger partial charge in [0.15, 0.2) is 11.5 Å². The molecule has 204 valence electrons. The highest BCUT2D eigenvalue weighted by Gasteiger charge is 2.46. The van der Waals surface area contributed by atoms with E-state index in [4.69, 9.17) is 14.2 Å². The molecule has 1 N–H and O–H groups in total. The summed E-state index contributed by atoms with van der Waals surface area (Å²) in [5, 5.41) is 11.5. The van der Waals surface area contributed by atoms with Crippen LogP contribution in [0.25, 0.3) is 5.76 Å². The molecule has 1 saturated heterocycles. The summed E-state index contributed by atoms with van der Waals surface area (Å²) in [5.41, 5.74) is 2.22. The Bertz CT molecular complexity index is 1220. The second-order valence-corrected chi connectivity index (χ2v) is 10.1. The third-order valence-electron chi connectivity index (χ3n) is 6.76. The van der Waals surface area contributed by atoms with Crippen LogP contribution in [0.2, 0.25) is 0 Å². The molecule has 0 saturated carbocycles. The molecule has 38 heavy (non-hydrogen) atoms. The summed E-state index contributed by atoms with van der Waals surface area (Å²) in [6.07, 6.45) is 2.30. The molecule has 1 amide bonds. The fourth-order valence-electron chi connectivity index (χ4n) is 5.03. The average Bonchev–Trinajstić information content (AvgIpc) is 3.38. The van der Waals surface area contributed by atoms with Gasteiger partial charge in [0.25, 0.3) is 11.7 Å². The maximum absolute atomic E-state index is 13.4. The van der Waals surface area contributed by atoms with Crippen molar-refractivity contribution in [1.29, 1.82) is 0 Å². The number of Topliss-reactive ketones (excluding diaryl/α,β-unsaturated/α-hetero) is 1. The number of carbonyl (C=O) groups excluding carboxylic acids is 2. The number of hydrogen-bond donors (Lipinski definition) is 1. The Hall–Kier alpha value is -3.52. The lowest BCUT2D eigenvalue weighted by molar-refractivity contribution is -0.139. The van der Waals surface area contributed by atoms with Gasteiger partial charge in [0.1, 0.15) is 17.6 Å². The third kappa shape index (κ3) is 5.65. The van der Waals surface area contributed by atoms with E-state index in [1.54, 1.807) is 11.0 Å². The predicted octanol–water partition coefficient (Wildman–Crippen LogP) is 4.57. The number of aliphatic hydroxyl groups is 1. The van der Waals surface area contributed by atoms with Crippen molar-refractivity contribution in [2.75, 3.05) is 40.4 Å². The molecule has 2 aromatic rings. The van der Waals surface area contributed by atoms with E-state index in [1.165, 1.54) is 0 Å². The molecular weight excluding hydrogens is 484 g/mol. The summed E-state index contributed by atoms with van der Waals surface area (Å²) in [6, 6.07) is 10.1. The van der Waals surface area contributed by atoms with Crippen LogP contribution in [0.1, 0.15) is 56.3 Å². The van der Waals surface area contributed by atoms with E-state index in [9.17, 15) is 14.7 Å². The van der Waals surface area contributed by atoms with Gasteiger partial charge in [-0.3, -0.25) is 9.59 Å². The Morgan fingerprint density at radius 1 is 1.11 bits per heavy atom. The number of fused-ring (bicyclic) bond motifs is 1. The Kier molecular flexibility index (Phi) is 8.62. The van der Waals surface area contributed by atoms with Gasteiger partial charge >= 0.3 is 0 Å². The van der Waals surface area contributed by atoms with Crippen LogP contribution in [0.5, 0.6) is 17.2 Å². The maximum atomic E-state index is 13.4. The first-order valence-corrected chi connectivity index (χ1v) is 13.4. The lowest BCUT2D eigenvalue weighted by atomic mass is 9.94. The van der Waals surface area contributed by atoms with E-state index >= 15 is 0 Å². The SMILES string of the molecule is CCCOc1ccc(C2C(=C(O)c3ccc4c(c3)CC(C)O4)C(=O)C(=O)N2CCCN(C)C)cc1OCC. The summed E-state index contributed by atoms with van der Waals surface area (Å²) in [4.78, 5) is 30.3. The quantitative estimate of drug-likeness (QED) is 0.263. The van der Waals surface area contributed by atoms with Gasteiger partial charge in [0.2, 0.25) is 0 Å². The van der Waals surface area contributed by atoms with E-state index in [2.05, 4.69) is 0 Å². The van der Waals surface area contributed by atoms with Crippen LogP contribution < -0.4 is 14.2 Å². The lowest BCUT2D eigenvalue weighted by Gasteiger charge is -2.26. The third-order valence-corrected chi connectivity index (χ3v) is 6.76. The lowest BCUT2D eigenvalue weighted by Crippen LogP contribution is -2.32. The second-order valence-electron chi connectivity index (χ2n) is 10.1. The molecule has 8 nitrogen and oxygen atoms in total. The fourth-order valence-corrected chi connectivity index (χ4v) is 5.03. The zero-order chi connectivity index (χ0) is 27.4. The summed E-state index contributed by atoms with van der Waals surface area (Å²) in [7, 11) is 3.93. The number of rotatable bonds is 11. The molecule has 2 aliphatic rings. The van der Waals surface area contributed by atoms with Crippen molar-refractivity contribution in [3.8, 4) is 17.2 Å². The maximum Gasteiger partial charge on any atom is 0.295 e. The molecule has 2 heterocycles. The molecule has 1 fully saturated rings. The Morgan fingerprint density at radius 2 is 1.89 bits per heavy atom. The molecule has 0 radical (unpaired) electrons. The summed E-state index contributed by atoms with van der Waals surface area (Å²) < 4.78 is 17.5. The Labute approximate surface area is 224 Å². The van der Waals surface area contributed by atoms with Gasteiger partial charge in [-0.15, -0.1) is 0 Å². The summed E-state index contributed by atoms with van der Waals surface area (Å²) in [6.45, 7) is 8.02. The van der Waals surface area contributed by atoms with Crippen molar-refractivity contribution in [1.82, 2.24) is 9.80 Å². The van der Waals surface area contributed by atoms with Crippen LogP contribution in [0.3, 0.4) is 0 Å². The van der Waals surface area contributed by atoms with Crippen molar-refractivity contribution in [2.45, 2.75) is 52.2 Å². The first kappa shape index (κ1) is 27.5. The molecule has 0 spiro atoms. The normalized spacial score (nSPS) is 20.1. The smallest absolute Gasteiger partial charge is 0.295 e. The molecule has 2 unspecified atom stereocenters. The highest BCUT2D eigenvalue weighted by molar-refractivity contribution is 6.46. The van der Waals surface area contributed by atoms with Crippen molar-refractivity contribution < 1.29 is 28.9 Å². The minimum Gasteiger partial charge on any atom is -0.507 e.